The smallest absolute Gasteiger partial charge is 0.336 e. The molecule has 1 unspecified atom stereocenters. The van der Waals surface area contributed by atoms with Gasteiger partial charge < -0.3 is 20.1 Å². The normalized spacial score (nSPS) is 47.8. The van der Waals surface area contributed by atoms with Gasteiger partial charge in [0.05, 0.1) is 18.3 Å². The molecule has 0 aromatic heterocycles. The molecule has 0 amide bonds. The van der Waals surface area contributed by atoms with Crippen LogP contribution < -0.4 is 0 Å². The quantitative estimate of drug-likeness (QED) is 0.406. The van der Waals surface area contributed by atoms with Gasteiger partial charge in [-0.05, 0) is 48.9 Å². The molecule has 3 N–H and O–H groups in total. The van der Waals surface area contributed by atoms with Crippen molar-refractivity contribution in [1.29, 1.82) is 0 Å². The molecule has 0 radical (unpaired) electrons. The SMILES string of the molecule is C=C1CC[C@@]2(C)[C@@](C)(CC[C@@H](O)[C@@]2(C)CO)[C@@H]1C/C=C1\C(=O)OCC1O. The molecular weight excluding hydrogens is 332 g/mol. The van der Waals surface area contributed by atoms with Crippen molar-refractivity contribution < 1.29 is 24.9 Å². The molecule has 2 saturated carbocycles. The lowest BCUT2D eigenvalue weighted by Crippen LogP contribution is -2.64. The number of fused-ring (bicyclic) bond motifs is 1. The van der Waals surface area contributed by atoms with E-state index >= 15 is 0 Å². The van der Waals surface area contributed by atoms with Crippen LogP contribution in [-0.2, 0) is 9.53 Å². The Morgan fingerprint density at radius 1 is 1.27 bits per heavy atom. The van der Waals surface area contributed by atoms with Gasteiger partial charge in [0.1, 0.15) is 12.7 Å². The Bertz CT molecular complexity index is 640. The lowest BCUT2D eigenvalue weighted by Gasteiger charge is -2.66. The lowest BCUT2D eigenvalue weighted by atomic mass is 9.38. The molecule has 3 rings (SSSR count). The fourth-order valence-corrected chi connectivity index (χ4v) is 5.85. The van der Waals surface area contributed by atoms with E-state index in [-0.39, 0.29) is 30.0 Å². The van der Waals surface area contributed by atoms with Crippen LogP contribution in [0.1, 0.15) is 52.9 Å². The summed E-state index contributed by atoms with van der Waals surface area (Å²) >= 11 is 0. The Labute approximate surface area is 155 Å². The van der Waals surface area contributed by atoms with Gasteiger partial charge in [-0.2, -0.15) is 0 Å². The number of carbonyl (C=O) groups is 1. The van der Waals surface area contributed by atoms with E-state index in [0.717, 1.165) is 24.8 Å². The van der Waals surface area contributed by atoms with Crippen LogP contribution in [0, 0.1) is 22.2 Å². The fourth-order valence-electron chi connectivity index (χ4n) is 5.85. The molecule has 146 valence electrons. The number of aliphatic hydroxyl groups excluding tert-OH is 3. The second-order valence-electron chi connectivity index (χ2n) is 9.10. The van der Waals surface area contributed by atoms with Crippen molar-refractivity contribution in [2.75, 3.05) is 13.2 Å². The van der Waals surface area contributed by atoms with Gasteiger partial charge >= 0.3 is 5.97 Å². The minimum atomic E-state index is -0.852. The summed E-state index contributed by atoms with van der Waals surface area (Å²) in [6, 6.07) is 0. The highest BCUT2D eigenvalue weighted by atomic mass is 16.6. The third-order valence-electron chi connectivity index (χ3n) is 8.27. The summed E-state index contributed by atoms with van der Waals surface area (Å²) < 4.78 is 4.91. The Morgan fingerprint density at radius 2 is 1.96 bits per heavy atom. The van der Waals surface area contributed by atoms with Crippen LogP contribution in [-0.4, -0.2) is 46.7 Å². The number of ether oxygens (including phenoxy) is 1. The molecule has 5 heteroatoms. The molecule has 0 bridgehead atoms. The number of carbonyl (C=O) groups excluding carboxylic acids is 1. The predicted octanol–water partition coefficient (Wildman–Crippen LogP) is 2.35. The van der Waals surface area contributed by atoms with E-state index in [1.54, 1.807) is 0 Å². The van der Waals surface area contributed by atoms with Crippen LogP contribution in [0.25, 0.3) is 0 Å². The van der Waals surface area contributed by atoms with Crippen LogP contribution in [0.2, 0.25) is 0 Å². The first-order valence-corrected chi connectivity index (χ1v) is 9.62. The molecule has 0 spiro atoms. The van der Waals surface area contributed by atoms with Gasteiger partial charge in [-0.15, -0.1) is 0 Å². The highest BCUT2D eigenvalue weighted by Crippen LogP contribution is 2.68. The van der Waals surface area contributed by atoms with Crippen molar-refractivity contribution in [3.8, 4) is 0 Å². The van der Waals surface area contributed by atoms with Crippen molar-refractivity contribution in [2.24, 2.45) is 22.2 Å². The summed E-state index contributed by atoms with van der Waals surface area (Å²) in [5.74, 6) is -0.307. The first-order chi connectivity index (χ1) is 12.1. The van der Waals surface area contributed by atoms with Gasteiger partial charge in [0.15, 0.2) is 0 Å². The molecule has 0 aromatic carbocycles. The number of hydrogen-bond acceptors (Lipinski definition) is 5. The van der Waals surface area contributed by atoms with Gasteiger partial charge in [-0.3, -0.25) is 0 Å². The Balaban J connectivity index is 1.96. The monoisotopic (exact) mass is 364 g/mol. The predicted molar refractivity (Wildman–Crippen MR) is 98.2 cm³/mol. The van der Waals surface area contributed by atoms with E-state index in [0.29, 0.717) is 18.4 Å². The zero-order chi connectivity index (χ0) is 19.3. The second-order valence-corrected chi connectivity index (χ2v) is 9.10. The zero-order valence-corrected chi connectivity index (χ0v) is 16.1. The van der Waals surface area contributed by atoms with Gasteiger partial charge in [0, 0.05) is 5.41 Å². The molecule has 2 aliphatic carbocycles. The van der Waals surface area contributed by atoms with E-state index in [9.17, 15) is 20.1 Å². The molecule has 1 aliphatic heterocycles. The van der Waals surface area contributed by atoms with Crippen molar-refractivity contribution in [3.63, 3.8) is 0 Å². The third kappa shape index (κ3) is 2.51. The summed E-state index contributed by atoms with van der Waals surface area (Å²) in [6.45, 7) is 10.7. The first kappa shape index (κ1) is 19.6. The first-order valence-electron chi connectivity index (χ1n) is 9.62. The standard InChI is InChI=1S/C21H32O5/c1-13-7-10-21(4)19(2,9-8-17(24)20(21,3)12-22)15(13)6-5-14-16(23)11-26-18(14)25/h5,15-17,22-24H,1,6-12H2,2-4H3/b14-5-/t15-,16?,17-,19+,20-,21+/m1/s1. The molecule has 6 atom stereocenters. The number of allylic oxidation sites excluding steroid dienone is 2. The topological polar surface area (TPSA) is 87.0 Å². The highest BCUT2D eigenvalue weighted by Gasteiger charge is 2.64. The summed E-state index contributed by atoms with van der Waals surface area (Å²) in [6.07, 6.45) is 4.27. The van der Waals surface area contributed by atoms with Crippen molar-refractivity contribution >= 4 is 5.97 Å². The van der Waals surface area contributed by atoms with E-state index in [1.807, 2.05) is 13.0 Å². The molecule has 0 aromatic rings. The van der Waals surface area contributed by atoms with E-state index in [4.69, 9.17) is 4.74 Å². The van der Waals surface area contributed by atoms with Gasteiger partial charge in [-0.1, -0.05) is 39.0 Å². The molecule has 1 saturated heterocycles. The van der Waals surface area contributed by atoms with Gasteiger partial charge in [0.25, 0.3) is 0 Å². The van der Waals surface area contributed by atoms with E-state index in [2.05, 4.69) is 20.4 Å². The summed E-state index contributed by atoms with van der Waals surface area (Å²) in [7, 11) is 0. The summed E-state index contributed by atoms with van der Waals surface area (Å²) in [5, 5.41) is 30.8. The van der Waals surface area contributed by atoms with Crippen LogP contribution in [0.4, 0.5) is 0 Å². The Kier molecular flexibility index (Phi) is 4.87. The Hall–Kier alpha value is -1.17. The van der Waals surface area contributed by atoms with Gasteiger partial charge in [0.2, 0.25) is 0 Å². The summed E-state index contributed by atoms with van der Waals surface area (Å²) in [5.41, 5.74) is 0.529. The summed E-state index contributed by atoms with van der Waals surface area (Å²) in [4.78, 5) is 11.8. The number of esters is 1. The maximum atomic E-state index is 11.8. The second kappa shape index (κ2) is 6.47. The molecule has 3 aliphatic rings. The van der Waals surface area contributed by atoms with Crippen molar-refractivity contribution in [2.45, 2.75) is 65.1 Å². The van der Waals surface area contributed by atoms with E-state index in [1.165, 1.54) is 0 Å². The third-order valence-corrected chi connectivity index (χ3v) is 8.27. The maximum Gasteiger partial charge on any atom is 0.336 e. The van der Waals surface area contributed by atoms with Gasteiger partial charge in [-0.25, -0.2) is 4.79 Å². The molecule has 3 fully saturated rings. The van der Waals surface area contributed by atoms with E-state index < -0.39 is 23.6 Å². The van der Waals surface area contributed by atoms with Crippen LogP contribution >= 0.6 is 0 Å². The number of rotatable bonds is 3. The highest BCUT2D eigenvalue weighted by molar-refractivity contribution is 5.91. The number of aliphatic hydroxyl groups is 3. The number of cyclic esters (lactones) is 1. The Morgan fingerprint density at radius 3 is 2.54 bits per heavy atom. The minimum absolute atomic E-state index is 0.0278. The number of hydrogen-bond donors (Lipinski definition) is 3. The average Bonchev–Trinajstić information content (AvgIpc) is 2.93. The minimum Gasteiger partial charge on any atom is -0.459 e. The van der Waals surface area contributed by atoms with Crippen molar-refractivity contribution in [1.82, 2.24) is 0 Å². The molecule has 1 heterocycles. The van der Waals surface area contributed by atoms with Crippen LogP contribution in [0.15, 0.2) is 23.8 Å². The van der Waals surface area contributed by atoms with Crippen molar-refractivity contribution in [3.05, 3.63) is 23.8 Å². The largest absolute Gasteiger partial charge is 0.459 e. The van der Waals surface area contributed by atoms with Crippen LogP contribution in [0.3, 0.4) is 0 Å². The molecule has 5 nitrogen and oxygen atoms in total. The molecular formula is C21H32O5. The maximum absolute atomic E-state index is 11.8. The molecule has 26 heavy (non-hydrogen) atoms. The lowest BCUT2D eigenvalue weighted by molar-refractivity contribution is -0.210. The fraction of sp³-hybridized carbons (Fsp3) is 0.762. The zero-order valence-electron chi connectivity index (χ0n) is 16.1. The average molecular weight is 364 g/mol. The van der Waals surface area contributed by atoms with Crippen LogP contribution in [0.5, 0.6) is 0 Å².